The minimum Gasteiger partial charge on any atom is -0.481 e. The third kappa shape index (κ3) is 4.02. The minimum atomic E-state index is -1.62. The quantitative estimate of drug-likeness (QED) is 0.624. The van der Waals surface area contributed by atoms with Crippen molar-refractivity contribution in [2.24, 2.45) is 5.92 Å². The standard InChI is InChI=1S/C16H18N4O6/c1-8(2)13(14(23)17-11(16(25)26)7-12(21)22)20-15(24)9-5-3-4-6-10(9)18-19-20/h3-6,8,11,13H,7H2,1-2H3,(H,17,23)(H,21,22)(H,25,26)/t11-,13-/m0/s1. The summed E-state index contributed by atoms with van der Waals surface area (Å²) in [6.07, 6.45) is -0.788. The fourth-order valence-electron chi connectivity index (χ4n) is 2.51. The van der Waals surface area contributed by atoms with E-state index in [1.807, 2.05) is 0 Å². The SMILES string of the molecule is CC(C)[C@@H](C(=O)N[C@@H](CC(=O)O)C(=O)O)n1nnc2ccccc2c1=O. The zero-order valence-corrected chi connectivity index (χ0v) is 14.1. The van der Waals surface area contributed by atoms with Crippen LogP contribution < -0.4 is 10.9 Å². The molecule has 3 N–H and O–H groups in total. The number of aromatic nitrogens is 3. The van der Waals surface area contributed by atoms with Crippen molar-refractivity contribution in [1.29, 1.82) is 0 Å². The highest BCUT2D eigenvalue weighted by Crippen LogP contribution is 2.16. The molecule has 1 aromatic carbocycles. The van der Waals surface area contributed by atoms with Crippen LogP contribution in [0.15, 0.2) is 29.1 Å². The molecule has 0 aliphatic rings. The number of amides is 1. The van der Waals surface area contributed by atoms with Gasteiger partial charge >= 0.3 is 11.9 Å². The number of carboxylic acid groups (broad SMARTS) is 2. The lowest BCUT2D eigenvalue weighted by Gasteiger charge is -2.23. The smallest absolute Gasteiger partial charge is 0.326 e. The molecule has 0 aliphatic heterocycles. The molecule has 0 saturated carbocycles. The molecule has 1 amide bonds. The first kappa shape index (κ1) is 19.0. The van der Waals surface area contributed by atoms with E-state index < -0.39 is 47.8 Å². The third-order valence-corrected chi connectivity index (χ3v) is 3.75. The van der Waals surface area contributed by atoms with E-state index in [1.165, 1.54) is 0 Å². The summed E-state index contributed by atoms with van der Waals surface area (Å²) in [6, 6.07) is 3.72. The molecule has 26 heavy (non-hydrogen) atoms. The molecule has 0 fully saturated rings. The molecule has 0 unspecified atom stereocenters. The second kappa shape index (κ2) is 7.72. The molecule has 2 aromatic rings. The lowest BCUT2D eigenvalue weighted by molar-refractivity contribution is -0.147. The maximum absolute atomic E-state index is 12.6. The van der Waals surface area contributed by atoms with Crippen LogP contribution in [-0.2, 0) is 14.4 Å². The van der Waals surface area contributed by atoms with Gasteiger partial charge in [-0.3, -0.25) is 14.4 Å². The summed E-state index contributed by atoms with van der Waals surface area (Å²) in [5, 5.41) is 28.0. The Labute approximate surface area is 147 Å². The molecular formula is C16H18N4O6. The lowest BCUT2D eigenvalue weighted by atomic mass is 10.0. The van der Waals surface area contributed by atoms with Gasteiger partial charge in [-0.15, -0.1) is 5.10 Å². The Morgan fingerprint density at radius 1 is 1.19 bits per heavy atom. The number of hydrogen-bond acceptors (Lipinski definition) is 6. The van der Waals surface area contributed by atoms with Crippen molar-refractivity contribution in [2.45, 2.75) is 32.4 Å². The molecule has 1 aromatic heterocycles. The predicted octanol–water partition coefficient (Wildman–Crippen LogP) is 0.0327. The van der Waals surface area contributed by atoms with Crippen LogP contribution in [0.3, 0.4) is 0 Å². The number of carbonyl (C=O) groups excluding carboxylic acids is 1. The molecule has 10 heteroatoms. The van der Waals surface area contributed by atoms with E-state index in [0.717, 1.165) is 4.68 Å². The highest BCUT2D eigenvalue weighted by atomic mass is 16.4. The minimum absolute atomic E-state index is 0.265. The number of rotatable bonds is 7. The van der Waals surface area contributed by atoms with Crippen molar-refractivity contribution in [3.63, 3.8) is 0 Å². The van der Waals surface area contributed by atoms with E-state index in [2.05, 4.69) is 15.6 Å². The molecule has 2 atom stereocenters. The zero-order valence-electron chi connectivity index (χ0n) is 14.1. The van der Waals surface area contributed by atoms with Gasteiger partial charge in [-0.2, -0.15) is 4.68 Å². The molecule has 0 aliphatic carbocycles. The number of aliphatic carboxylic acids is 2. The van der Waals surface area contributed by atoms with Gasteiger partial charge in [-0.05, 0) is 18.1 Å². The highest BCUT2D eigenvalue weighted by molar-refractivity contribution is 5.88. The molecule has 10 nitrogen and oxygen atoms in total. The van der Waals surface area contributed by atoms with E-state index in [1.54, 1.807) is 38.1 Å². The summed E-state index contributed by atoms with van der Waals surface area (Å²) in [5.41, 5.74) is -0.180. The molecule has 0 bridgehead atoms. The summed E-state index contributed by atoms with van der Waals surface area (Å²) in [6.45, 7) is 3.31. The number of nitrogens with one attached hydrogen (secondary N) is 1. The summed E-state index contributed by atoms with van der Waals surface area (Å²) in [4.78, 5) is 47.2. The molecule has 2 rings (SSSR count). The summed E-state index contributed by atoms with van der Waals surface area (Å²) in [7, 11) is 0. The fourth-order valence-corrected chi connectivity index (χ4v) is 2.51. The first-order chi connectivity index (χ1) is 12.2. The maximum Gasteiger partial charge on any atom is 0.326 e. The Hall–Kier alpha value is -3.30. The van der Waals surface area contributed by atoms with Crippen molar-refractivity contribution in [3.8, 4) is 0 Å². The fraction of sp³-hybridized carbons (Fsp3) is 0.375. The largest absolute Gasteiger partial charge is 0.481 e. The zero-order chi connectivity index (χ0) is 19.4. The Morgan fingerprint density at radius 2 is 1.85 bits per heavy atom. The van der Waals surface area contributed by atoms with Crippen LogP contribution in [0.25, 0.3) is 10.9 Å². The normalized spacial score (nSPS) is 13.3. The van der Waals surface area contributed by atoms with Crippen LogP contribution in [0.1, 0.15) is 26.3 Å². The van der Waals surface area contributed by atoms with Gasteiger partial charge in [-0.25, -0.2) is 4.79 Å². The van der Waals surface area contributed by atoms with Crippen molar-refractivity contribution in [2.75, 3.05) is 0 Å². The van der Waals surface area contributed by atoms with Gasteiger partial charge in [-0.1, -0.05) is 31.2 Å². The number of nitrogens with zero attached hydrogens (tertiary/aromatic N) is 3. The first-order valence-corrected chi connectivity index (χ1v) is 7.81. The Morgan fingerprint density at radius 3 is 2.42 bits per heavy atom. The Balaban J connectivity index is 2.41. The molecule has 0 saturated heterocycles. The van der Waals surface area contributed by atoms with Gasteiger partial charge in [0.05, 0.1) is 11.8 Å². The average molecular weight is 362 g/mol. The predicted molar refractivity (Wildman–Crippen MR) is 89.5 cm³/mol. The van der Waals surface area contributed by atoms with E-state index in [0.29, 0.717) is 5.52 Å². The van der Waals surface area contributed by atoms with Crippen LogP contribution in [0, 0.1) is 5.92 Å². The summed E-state index contributed by atoms with van der Waals surface area (Å²) >= 11 is 0. The van der Waals surface area contributed by atoms with Crippen LogP contribution >= 0.6 is 0 Å². The molecule has 138 valence electrons. The van der Waals surface area contributed by atoms with Crippen LogP contribution in [-0.4, -0.2) is 49.1 Å². The molecular weight excluding hydrogens is 344 g/mol. The number of fused-ring (bicyclic) bond motifs is 1. The van der Waals surface area contributed by atoms with Crippen LogP contribution in [0.2, 0.25) is 0 Å². The van der Waals surface area contributed by atoms with Crippen molar-refractivity contribution >= 4 is 28.7 Å². The van der Waals surface area contributed by atoms with E-state index in [9.17, 15) is 19.2 Å². The Kier molecular flexibility index (Phi) is 5.65. The number of benzene rings is 1. The van der Waals surface area contributed by atoms with Gasteiger partial charge in [0, 0.05) is 0 Å². The average Bonchev–Trinajstić information content (AvgIpc) is 2.56. The monoisotopic (exact) mass is 362 g/mol. The van der Waals surface area contributed by atoms with Gasteiger partial charge in [0.1, 0.15) is 17.6 Å². The van der Waals surface area contributed by atoms with Gasteiger partial charge in [0.15, 0.2) is 0 Å². The van der Waals surface area contributed by atoms with Crippen LogP contribution in [0.5, 0.6) is 0 Å². The second-order valence-corrected chi connectivity index (χ2v) is 6.04. The van der Waals surface area contributed by atoms with Crippen LogP contribution in [0.4, 0.5) is 0 Å². The maximum atomic E-state index is 12.6. The highest BCUT2D eigenvalue weighted by Gasteiger charge is 2.31. The summed E-state index contributed by atoms with van der Waals surface area (Å²) in [5.74, 6) is -4.11. The molecule has 0 radical (unpaired) electrons. The second-order valence-electron chi connectivity index (χ2n) is 6.04. The van der Waals surface area contributed by atoms with E-state index in [-0.39, 0.29) is 5.39 Å². The molecule has 1 heterocycles. The topological polar surface area (TPSA) is 151 Å². The number of carbonyl (C=O) groups is 3. The third-order valence-electron chi connectivity index (χ3n) is 3.75. The van der Waals surface area contributed by atoms with Crippen molar-refractivity contribution < 1.29 is 24.6 Å². The first-order valence-electron chi connectivity index (χ1n) is 7.81. The van der Waals surface area contributed by atoms with Gasteiger partial charge < -0.3 is 15.5 Å². The lowest BCUT2D eigenvalue weighted by Crippen LogP contribution is -2.48. The van der Waals surface area contributed by atoms with E-state index >= 15 is 0 Å². The Bertz CT molecular complexity index is 907. The van der Waals surface area contributed by atoms with Crippen molar-refractivity contribution in [1.82, 2.24) is 20.3 Å². The summed E-state index contributed by atoms with van der Waals surface area (Å²) < 4.78 is 0.891. The van der Waals surface area contributed by atoms with Crippen molar-refractivity contribution in [3.05, 3.63) is 34.6 Å². The number of carboxylic acids is 2. The van der Waals surface area contributed by atoms with Gasteiger partial charge in [0.2, 0.25) is 5.91 Å². The van der Waals surface area contributed by atoms with E-state index in [4.69, 9.17) is 10.2 Å². The number of hydrogen-bond donors (Lipinski definition) is 3. The van der Waals surface area contributed by atoms with Gasteiger partial charge in [0.25, 0.3) is 5.56 Å². The molecule has 0 spiro atoms.